The highest BCUT2D eigenvalue weighted by atomic mass is 16.7. The van der Waals surface area contributed by atoms with Crippen LogP contribution >= 0.6 is 0 Å². The molecule has 6 heteroatoms. The molecule has 0 N–H and O–H groups in total. The van der Waals surface area contributed by atoms with E-state index in [2.05, 4.69) is 28.2 Å². The van der Waals surface area contributed by atoms with Gasteiger partial charge in [0.1, 0.15) is 6.33 Å². The van der Waals surface area contributed by atoms with Gasteiger partial charge in [0.2, 0.25) is 12.7 Å². The van der Waals surface area contributed by atoms with Crippen LogP contribution in [0.25, 0.3) is 11.1 Å². The van der Waals surface area contributed by atoms with E-state index in [1.165, 1.54) is 18.4 Å². The first-order chi connectivity index (χ1) is 15.2. The van der Waals surface area contributed by atoms with Crippen molar-refractivity contribution in [1.82, 2.24) is 9.97 Å². The molecule has 3 heterocycles. The molecule has 6 nitrogen and oxygen atoms in total. The summed E-state index contributed by atoms with van der Waals surface area (Å²) < 4.78 is 10.9. The molecule has 1 fully saturated rings. The molecule has 1 spiro atoms. The van der Waals surface area contributed by atoms with Crippen molar-refractivity contribution in [2.45, 2.75) is 37.5 Å². The monoisotopic (exact) mass is 413 g/mol. The van der Waals surface area contributed by atoms with Gasteiger partial charge in [-0.3, -0.25) is 4.79 Å². The largest absolute Gasteiger partial charge is 0.454 e. The summed E-state index contributed by atoms with van der Waals surface area (Å²) in [5.74, 6) is 1.58. The van der Waals surface area contributed by atoms with Crippen LogP contribution in [-0.2, 0) is 16.6 Å². The fraction of sp³-hybridized carbons (Fsp3) is 0.320. The fourth-order valence-electron chi connectivity index (χ4n) is 5.32. The number of benzene rings is 2. The Labute approximate surface area is 180 Å². The lowest BCUT2D eigenvalue weighted by molar-refractivity contribution is -0.118. The molecule has 1 aliphatic carbocycles. The topological polar surface area (TPSA) is 64.6 Å². The lowest BCUT2D eigenvalue weighted by atomic mass is 9.80. The predicted octanol–water partition coefficient (Wildman–Crippen LogP) is 4.27. The number of aromatic nitrogens is 2. The van der Waals surface area contributed by atoms with Gasteiger partial charge in [-0.1, -0.05) is 25.0 Å². The second-order valence-corrected chi connectivity index (χ2v) is 8.69. The quantitative estimate of drug-likeness (QED) is 0.642. The van der Waals surface area contributed by atoms with Crippen LogP contribution < -0.4 is 14.4 Å². The zero-order valence-electron chi connectivity index (χ0n) is 17.2. The standard InChI is InChI=1S/C25H23N3O3/c29-24(10-17-3-6-22-23(9-17)31-16-30-22)28-14-25(7-1-2-8-25)20-11-18(4-5-21(20)28)19-12-26-15-27-13-19/h3-6,9,11-13,15H,1-2,7-8,10,14,16H2. The molecule has 156 valence electrons. The van der Waals surface area contributed by atoms with E-state index in [4.69, 9.17) is 9.47 Å². The van der Waals surface area contributed by atoms with Gasteiger partial charge in [0.25, 0.3) is 0 Å². The Morgan fingerprint density at radius 3 is 2.61 bits per heavy atom. The minimum absolute atomic E-state index is 0.0610. The molecule has 2 aliphatic heterocycles. The fourth-order valence-corrected chi connectivity index (χ4v) is 5.32. The number of carbonyl (C=O) groups is 1. The van der Waals surface area contributed by atoms with Crippen LogP contribution in [0.3, 0.4) is 0 Å². The molecule has 3 aromatic rings. The lowest BCUT2D eigenvalue weighted by Gasteiger charge is -2.25. The number of amides is 1. The van der Waals surface area contributed by atoms with E-state index in [9.17, 15) is 4.79 Å². The summed E-state index contributed by atoms with van der Waals surface area (Å²) in [7, 11) is 0. The van der Waals surface area contributed by atoms with Crippen molar-refractivity contribution in [3.05, 3.63) is 66.2 Å². The Morgan fingerprint density at radius 1 is 0.968 bits per heavy atom. The number of carbonyl (C=O) groups excluding carboxylic acids is 1. The zero-order valence-corrected chi connectivity index (χ0v) is 17.2. The summed E-state index contributed by atoms with van der Waals surface area (Å²) in [6.07, 6.45) is 10.3. The number of hydrogen-bond donors (Lipinski definition) is 0. The van der Waals surface area contributed by atoms with E-state index in [0.717, 1.165) is 47.5 Å². The number of rotatable bonds is 3. The summed E-state index contributed by atoms with van der Waals surface area (Å²) in [6, 6.07) is 12.2. The number of fused-ring (bicyclic) bond motifs is 3. The van der Waals surface area contributed by atoms with Gasteiger partial charge in [0, 0.05) is 35.6 Å². The van der Waals surface area contributed by atoms with Crippen LogP contribution in [0.15, 0.2) is 55.1 Å². The van der Waals surface area contributed by atoms with Crippen molar-refractivity contribution in [1.29, 1.82) is 0 Å². The van der Waals surface area contributed by atoms with Crippen molar-refractivity contribution in [3.8, 4) is 22.6 Å². The number of ether oxygens (including phenoxy) is 2. The summed E-state index contributed by atoms with van der Waals surface area (Å²) >= 11 is 0. The van der Waals surface area contributed by atoms with Crippen molar-refractivity contribution in [2.75, 3.05) is 18.2 Å². The normalized spacial score (nSPS) is 17.9. The number of nitrogens with zero attached hydrogens (tertiary/aromatic N) is 3. The third-order valence-electron chi connectivity index (χ3n) is 6.87. The molecule has 31 heavy (non-hydrogen) atoms. The first-order valence-electron chi connectivity index (χ1n) is 10.8. The SMILES string of the molecule is O=C(Cc1ccc2c(c1)OCO2)N1CC2(CCCC2)c2cc(-c3cncnc3)ccc21. The van der Waals surface area contributed by atoms with E-state index >= 15 is 0 Å². The van der Waals surface area contributed by atoms with Crippen molar-refractivity contribution in [2.24, 2.45) is 0 Å². The minimum atomic E-state index is 0.0610. The van der Waals surface area contributed by atoms with Crippen LogP contribution in [0, 0.1) is 0 Å². The first kappa shape index (κ1) is 18.4. The molecule has 0 bridgehead atoms. The molecule has 0 unspecified atom stereocenters. The summed E-state index contributed by atoms with van der Waals surface area (Å²) in [6.45, 7) is 1.00. The van der Waals surface area contributed by atoms with Crippen LogP contribution in [0.2, 0.25) is 0 Å². The predicted molar refractivity (Wildman–Crippen MR) is 116 cm³/mol. The zero-order chi connectivity index (χ0) is 20.8. The maximum Gasteiger partial charge on any atom is 0.231 e. The second kappa shape index (κ2) is 7.08. The minimum Gasteiger partial charge on any atom is -0.454 e. The van der Waals surface area contributed by atoms with Gasteiger partial charge >= 0.3 is 0 Å². The molecule has 1 aromatic heterocycles. The molecule has 2 aromatic carbocycles. The molecule has 0 radical (unpaired) electrons. The summed E-state index contributed by atoms with van der Waals surface area (Å²) in [4.78, 5) is 23.7. The Kier molecular flexibility index (Phi) is 4.19. The van der Waals surface area contributed by atoms with Crippen LogP contribution in [0.4, 0.5) is 5.69 Å². The van der Waals surface area contributed by atoms with Gasteiger partial charge < -0.3 is 14.4 Å². The third kappa shape index (κ3) is 3.05. The molecule has 0 atom stereocenters. The highest BCUT2D eigenvalue weighted by molar-refractivity contribution is 5.98. The lowest BCUT2D eigenvalue weighted by Crippen LogP contribution is -2.36. The molecular weight excluding hydrogens is 390 g/mol. The Balaban J connectivity index is 1.33. The maximum atomic E-state index is 13.4. The molecule has 1 amide bonds. The number of anilines is 1. The van der Waals surface area contributed by atoms with E-state index in [1.807, 2.05) is 35.5 Å². The molecular formula is C25H23N3O3. The van der Waals surface area contributed by atoms with Gasteiger partial charge in [-0.15, -0.1) is 0 Å². The van der Waals surface area contributed by atoms with Crippen LogP contribution in [0.5, 0.6) is 11.5 Å². The van der Waals surface area contributed by atoms with Gasteiger partial charge in [-0.25, -0.2) is 9.97 Å². The van der Waals surface area contributed by atoms with E-state index in [0.29, 0.717) is 12.2 Å². The first-order valence-corrected chi connectivity index (χ1v) is 10.8. The van der Waals surface area contributed by atoms with E-state index in [1.54, 1.807) is 6.33 Å². The summed E-state index contributed by atoms with van der Waals surface area (Å²) in [5, 5.41) is 0. The molecule has 6 rings (SSSR count). The molecule has 1 saturated carbocycles. The molecule has 3 aliphatic rings. The highest BCUT2D eigenvalue weighted by Crippen LogP contribution is 2.51. The van der Waals surface area contributed by atoms with Crippen molar-refractivity contribution < 1.29 is 14.3 Å². The molecule has 0 saturated heterocycles. The number of hydrogen-bond acceptors (Lipinski definition) is 5. The van der Waals surface area contributed by atoms with Crippen LogP contribution in [-0.4, -0.2) is 29.2 Å². The Hall–Kier alpha value is -3.41. The smallest absolute Gasteiger partial charge is 0.231 e. The Bertz CT molecular complexity index is 1160. The van der Waals surface area contributed by atoms with Gasteiger partial charge in [0.05, 0.1) is 6.42 Å². The van der Waals surface area contributed by atoms with Crippen molar-refractivity contribution >= 4 is 11.6 Å². The average molecular weight is 413 g/mol. The van der Waals surface area contributed by atoms with E-state index < -0.39 is 0 Å². The van der Waals surface area contributed by atoms with Gasteiger partial charge in [-0.05, 0) is 53.8 Å². The van der Waals surface area contributed by atoms with E-state index in [-0.39, 0.29) is 18.1 Å². The highest BCUT2D eigenvalue weighted by Gasteiger charge is 2.46. The summed E-state index contributed by atoms with van der Waals surface area (Å²) in [5.41, 5.74) is 5.46. The third-order valence-corrected chi connectivity index (χ3v) is 6.87. The van der Waals surface area contributed by atoms with Gasteiger partial charge in [0.15, 0.2) is 11.5 Å². The average Bonchev–Trinajstić information content (AvgIpc) is 3.54. The van der Waals surface area contributed by atoms with Crippen LogP contribution in [0.1, 0.15) is 36.8 Å². The van der Waals surface area contributed by atoms with Crippen molar-refractivity contribution in [3.63, 3.8) is 0 Å². The van der Waals surface area contributed by atoms with Gasteiger partial charge in [-0.2, -0.15) is 0 Å². The Morgan fingerprint density at radius 2 is 1.77 bits per heavy atom. The second-order valence-electron chi connectivity index (χ2n) is 8.69. The maximum absolute atomic E-state index is 13.4.